The molecule has 168 valence electrons. The summed E-state index contributed by atoms with van der Waals surface area (Å²) in [6.07, 6.45) is -9.56. The summed E-state index contributed by atoms with van der Waals surface area (Å²) in [6.45, 7) is 0. The van der Waals surface area contributed by atoms with Crippen molar-refractivity contribution in [2.45, 2.75) is 30.7 Å². The van der Waals surface area contributed by atoms with Gasteiger partial charge in [-0.1, -0.05) is 30.3 Å². The number of fused-ring (bicyclic) bond motifs is 1. The molecule has 11 nitrogen and oxygen atoms in total. The van der Waals surface area contributed by atoms with E-state index < -0.39 is 59.4 Å². The van der Waals surface area contributed by atoms with Crippen LogP contribution in [0.1, 0.15) is 0 Å². The number of aliphatic hydroxyl groups excluding tert-OH is 3. The zero-order chi connectivity index (χ0) is 23.2. The van der Waals surface area contributed by atoms with Crippen LogP contribution in [0.3, 0.4) is 0 Å². The van der Waals surface area contributed by atoms with Crippen molar-refractivity contribution in [3.05, 3.63) is 52.7 Å². The third kappa shape index (κ3) is 3.63. The standard InChI is InChI=1S/C21H18O11/c22-9-6-10(8-4-2-1-3-5-8)30-11-7-12(14(23)15(24)13(9)11)31-21-18(27)16(25)17(26)19(32-21)20(28)29/h1-7,16-19,21,23-27H,(H,28,29)/t16-,17-,18-,19+,21-/m1/s1. The summed E-state index contributed by atoms with van der Waals surface area (Å²) in [6, 6.07) is 10.8. The molecule has 3 aromatic rings. The van der Waals surface area contributed by atoms with Gasteiger partial charge in [0.2, 0.25) is 12.0 Å². The van der Waals surface area contributed by atoms with Gasteiger partial charge in [-0.2, -0.15) is 0 Å². The Morgan fingerprint density at radius 3 is 2.28 bits per heavy atom. The molecule has 0 saturated carbocycles. The van der Waals surface area contributed by atoms with Gasteiger partial charge in [0.1, 0.15) is 35.0 Å². The predicted molar refractivity (Wildman–Crippen MR) is 106 cm³/mol. The number of hydrogen-bond donors (Lipinski definition) is 6. The molecule has 0 spiro atoms. The zero-order valence-electron chi connectivity index (χ0n) is 16.2. The third-order valence-corrected chi connectivity index (χ3v) is 5.05. The normalized spacial score (nSPS) is 25.5. The van der Waals surface area contributed by atoms with Gasteiger partial charge in [-0.15, -0.1) is 0 Å². The Morgan fingerprint density at radius 2 is 1.62 bits per heavy atom. The maximum atomic E-state index is 12.5. The number of carboxylic acid groups (broad SMARTS) is 1. The molecule has 0 aliphatic carbocycles. The fourth-order valence-electron chi connectivity index (χ4n) is 3.38. The van der Waals surface area contributed by atoms with Crippen molar-refractivity contribution in [3.63, 3.8) is 0 Å². The van der Waals surface area contributed by atoms with Crippen LogP contribution in [0.15, 0.2) is 51.7 Å². The Kier molecular flexibility index (Phi) is 5.48. The van der Waals surface area contributed by atoms with Crippen LogP contribution in [0.4, 0.5) is 0 Å². The average molecular weight is 446 g/mol. The van der Waals surface area contributed by atoms with Crippen molar-refractivity contribution in [2.75, 3.05) is 0 Å². The molecule has 32 heavy (non-hydrogen) atoms. The number of aromatic hydroxyl groups is 2. The zero-order valence-corrected chi connectivity index (χ0v) is 16.2. The molecular formula is C21H18O11. The van der Waals surface area contributed by atoms with Gasteiger partial charge in [-0.25, -0.2) is 4.79 Å². The van der Waals surface area contributed by atoms with E-state index >= 15 is 0 Å². The van der Waals surface area contributed by atoms with E-state index in [1.807, 2.05) is 0 Å². The van der Waals surface area contributed by atoms with Crippen molar-refractivity contribution in [1.82, 2.24) is 0 Å². The first kappa shape index (κ1) is 21.6. The molecule has 11 heteroatoms. The highest BCUT2D eigenvalue weighted by Crippen LogP contribution is 2.42. The number of ether oxygens (including phenoxy) is 2. The van der Waals surface area contributed by atoms with Crippen molar-refractivity contribution in [2.24, 2.45) is 0 Å². The van der Waals surface area contributed by atoms with Crippen LogP contribution in [-0.4, -0.2) is 67.3 Å². The van der Waals surface area contributed by atoms with Crippen LogP contribution in [0, 0.1) is 0 Å². The van der Waals surface area contributed by atoms with Gasteiger partial charge in [-0.05, 0) is 0 Å². The lowest BCUT2D eigenvalue weighted by Crippen LogP contribution is -2.61. The quantitative estimate of drug-likeness (QED) is 0.299. The smallest absolute Gasteiger partial charge is 0.335 e. The Labute approximate surface area is 178 Å². The maximum Gasteiger partial charge on any atom is 0.335 e. The largest absolute Gasteiger partial charge is 0.504 e. The van der Waals surface area contributed by atoms with Crippen molar-refractivity contribution >= 4 is 16.9 Å². The van der Waals surface area contributed by atoms with Gasteiger partial charge < -0.3 is 44.5 Å². The summed E-state index contributed by atoms with van der Waals surface area (Å²) < 4.78 is 16.0. The second-order valence-electron chi connectivity index (χ2n) is 7.14. The van der Waals surface area contributed by atoms with Crippen LogP contribution in [0.25, 0.3) is 22.3 Å². The van der Waals surface area contributed by atoms with E-state index in [0.29, 0.717) is 5.56 Å². The Balaban J connectivity index is 1.77. The number of benzene rings is 2. The Bertz CT molecular complexity index is 1220. The molecule has 0 bridgehead atoms. The van der Waals surface area contributed by atoms with Gasteiger partial charge in [0.25, 0.3) is 0 Å². The molecule has 4 rings (SSSR count). The Morgan fingerprint density at radius 1 is 0.938 bits per heavy atom. The van der Waals surface area contributed by atoms with E-state index in [2.05, 4.69) is 0 Å². The summed E-state index contributed by atoms with van der Waals surface area (Å²) in [5.74, 6) is -3.76. The SMILES string of the molecule is O=C(O)[C@H]1O[C@@H](Oc2cc3oc(-c4ccccc4)cc(=O)c3c(O)c2O)[C@H](O)[C@H](O)[C@H]1O. The topological polar surface area (TPSA) is 187 Å². The van der Waals surface area contributed by atoms with Crippen molar-refractivity contribution in [1.29, 1.82) is 0 Å². The molecular weight excluding hydrogens is 428 g/mol. The molecule has 5 atom stereocenters. The molecule has 2 aromatic carbocycles. The fraction of sp³-hybridized carbons (Fsp3) is 0.238. The molecule has 6 N–H and O–H groups in total. The highest BCUT2D eigenvalue weighted by Gasteiger charge is 2.48. The summed E-state index contributed by atoms with van der Waals surface area (Å²) in [7, 11) is 0. The highest BCUT2D eigenvalue weighted by atomic mass is 16.7. The third-order valence-electron chi connectivity index (χ3n) is 5.05. The van der Waals surface area contributed by atoms with E-state index in [9.17, 15) is 35.1 Å². The maximum absolute atomic E-state index is 12.5. The van der Waals surface area contributed by atoms with Gasteiger partial charge in [0.15, 0.2) is 23.0 Å². The van der Waals surface area contributed by atoms with E-state index in [0.717, 1.165) is 12.1 Å². The highest BCUT2D eigenvalue weighted by molar-refractivity contribution is 5.89. The number of rotatable bonds is 4. The first-order chi connectivity index (χ1) is 15.2. The lowest BCUT2D eigenvalue weighted by molar-refractivity contribution is -0.271. The summed E-state index contributed by atoms with van der Waals surface area (Å²) in [5.41, 5.74) is -0.265. The van der Waals surface area contributed by atoms with Gasteiger partial charge in [0.05, 0.1) is 0 Å². The minimum atomic E-state index is -1.94. The molecule has 0 amide bonds. The second-order valence-corrected chi connectivity index (χ2v) is 7.14. The van der Waals surface area contributed by atoms with Crippen molar-refractivity contribution < 1.29 is 49.3 Å². The summed E-state index contributed by atoms with van der Waals surface area (Å²) >= 11 is 0. The minimum Gasteiger partial charge on any atom is -0.504 e. The lowest BCUT2D eigenvalue weighted by atomic mass is 9.99. The number of aliphatic hydroxyl groups is 3. The number of carbonyl (C=O) groups is 1. The van der Waals surface area contributed by atoms with Gasteiger partial charge in [0, 0.05) is 17.7 Å². The fourth-order valence-corrected chi connectivity index (χ4v) is 3.38. The number of phenols is 2. The number of aliphatic carboxylic acids is 1. The van der Waals surface area contributed by atoms with Crippen LogP contribution in [-0.2, 0) is 9.53 Å². The lowest BCUT2D eigenvalue weighted by Gasteiger charge is -2.38. The van der Waals surface area contributed by atoms with E-state index in [1.54, 1.807) is 30.3 Å². The van der Waals surface area contributed by atoms with E-state index in [1.165, 1.54) is 0 Å². The van der Waals surface area contributed by atoms with Crippen molar-refractivity contribution in [3.8, 4) is 28.6 Å². The minimum absolute atomic E-state index is 0.164. The molecule has 0 radical (unpaired) electrons. The van der Waals surface area contributed by atoms with Crippen LogP contribution < -0.4 is 10.2 Å². The molecule has 1 saturated heterocycles. The average Bonchev–Trinajstić information content (AvgIpc) is 2.77. The van der Waals surface area contributed by atoms with E-state index in [4.69, 9.17) is 19.0 Å². The summed E-state index contributed by atoms with van der Waals surface area (Å²) in [4.78, 5) is 23.8. The Hall–Kier alpha value is -3.64. The van der Waals surface area contributed by atoms with Crippen LogP contribution >= 0.6 is 0 Å². The summed E-state index contributed by atoms with van der Waals surface area (Å²) in [5, 5.41) is 59.2. The number of phenolic OH excluding ortho intramolecular Hbond substituents is 2. The first-order valence-corrected chi connectivity index (χ1v) is 9.36. The van der Waals surface area contributed by atoms with E-state index in [-0.39, 0.29) is 16.7 Å². The monoisotopic (exact) mass is 446 g/mol. The molecule has 1 aliphatic rings. The second kappa shape index (κ2) is 8.13. The number of hydrogen-bond acceptors (Lipinski definition) is 10. The van der Waals surface area contributed by atoms with Gasteiger partial charge >= 0.3 is 5.97 Å². The molecule has 0 unspecified atom stereocenters. The predicted octanol–water partition coefficient (Wildman–Crippen LogP) is 0.142. The first-order valence-electron chi connectivity index (χ1n) is 9.36. The molecule has 1 aliphatic heterocycles. The van der Waals surface area contributed by atoms with Crippen LogP contribution in [0.5, 0.6) is 17.2 Å². The molecule has 1 fully saturated rings. The van der Waals surface area contributed by atoms with Gasteiger partial charge in [-0.3, -0.25) is 4.79 Å². The van der Waals surface area contributed by atoms with Crippen LogP contribution in [0.2, 0.25) is 0 Å². The molecule has 2 heterocycles. The number of carboxylic acids is 1. The molecule has 1 aromatic heterocycles.